The molecule has 0 aromatic carbocycles. The number of aromatic nitrogens is 5. The zero-order valence-electron chi connectivity index (χ0n) is 10.5. The van der Waals surface area contributed by atoms with Gasteiger partial charge >= 0.3 is 0 Å². The molecule has 18 heavy (non-hydrogen) atoms. The van der Waals surface area contributed by atoms with Gasteiger partial charge in [-0.05, 0) is 37.6 Å². The summed E-state index contributed by atoms with van der Waals surface area (Å²) in [5.41, 5.74) is 0.967. The molecule has 0 unspecified atom stereocenters. The Morgan fingerprint density at radius 3 is 2.83 bits per heavy atom. The van der Waals surface area contributed by atoms with Crippen molar-refractivity contribution < 1.29 is 0 Å². The molecular formula is C12H15N5S. The van der Waals surface area contributed by atoms with E-state index in [-0.39, 0.29) is 0 Å². The van der Waals surface area contributed by atoms with Gasteiger partial charge < -0.3 is 4.57 Å². The molecule has 0 atom stereocenters. The molecule has 0 spiro atoms. The Kier molecular flexibility index (Phi) is 3.03. The summed E-state index contributed by atoms with van der Waals surface area (Å²) in [5.74, 6) is 1.69. The topological polar surface area (TPSA) is 56.5 Å². The Bertz CT molecular complexity index is 561. The minimum absolute atomic E-state index is 0.593. The lowest BCUT2D eigenvalue weighted by atomic mass is 9.85. The highest BCUT2D eigenvalue weighted by molar-refractivity contribution is 7.99. The monoisotopic (exact) mass is 261 g/mol. The van der Waals surface area contributed by atoms with E-state index in [1.165, 1.54) is 31.0 Å². The summed E-state index contributed by atoms with van der Waals surface area (Å²) in [4.78, 5) is 8.60. The van der Waals surface area contributed by atoms with Crippen molar-refractivity contribution in [3.63, 3.8) is 0 Å². The lowest BCUT2D eigenvalue weighted by molar-refractivity contribution is 0.390. The maximum Gasteiger partial charge on any atom is 0.198 e. The van der Waals surface area contributed by atoms with Crippen molar-refractivity contribution in [3.8, 4) is 0 Å². The van der Waals surface area contributed by atoms with Gasteiger partial charge in [0.25, 0.3) is 0 Å². The van der Waals surface area contributed by atoms with Crippen LogP contribution in [0, 0.1) is 6.92 Å². The van der Waals surface area contributed by atoms with Gasteiger partial charge in [-0.3, -0.25) is 0 Å². The fourth-order valence-electron chi connectivity index (χ4n) is 1.99. The summed E-state index contributed by atoms with van der Waals surface area (Å²) in [7, 11) is 2.02. The second-order valence-electron chi connectivity index (χ2n) is 4.61. The molecule has 6 heteroatoms. The van der Waals surface area contributed by atoms with Crippen LogP contribution in [0.1, 0.15) is 36.7 Å². The second-order valence-corrected chi connectivity index (χ2v) is 5.54. The molecule has 5 nitrogen and oxygen atoms in total. The van der Waals surface area contributed by atoms with E-state index in [1.54, 1.807) is 6.20 Å². The summed E-state index contributed by atoms with van der Waals surface area (Å²) in [6, 6.07) is 1.89. The van der Waals surface area contributed by atoms with Gasteiger partial charge in [0.05, 0.1) is 0 Å². The van der Waals surface area contributed by atoms with Gasteiger partial charge in [-0.2, -0.15) is 0 Å². The molecule has 94 valence electrons. The van der Waals surface area contributed by atoms with Gasteiger partial charge in [0.1, 0.15) is 5.82 Å². The van der Waals surface area contributed by atoms with E-state index in [9.17, 15) is 0 Å². The van der Waals surface area contributed by atoms with E-state index in [0.717, 1.165) is 21.8 Å². The molecule has 2 aromatic rings. The molecule has 0 saturated heterocycles. The Labute approximate surface area is 110 Å². The summed E-state index contributed by atoms with van der Waals surface area (Å²) < 4.78 is 2.07. The van der Waals surface area contributed by atoms with Crippen LogP contribution < -0.4 is 0 Å². The first-order valence-corrected chi connectivity index (χ1v) is 6.92. The highest BCUT2D eigenvalue weighted by Crippen LogP contribution is 2.36. The van der Waals surface area contributed by atoms with Crippen LogP contribution in [-0.2, 0) is 7.05 Å². The SMILES string of the molecule is Cc1ccnc(Sc2nnc(C3CCC3)n2C)n1. The normalized spacial score (nSPS) is 15.7. The van der Waals surface area contributed by atoms with Crippen molar-refractivity contribution in [2.45, 2.75) is 42.4 Å². The molecule has 2 aromatic heterocycles. The number of hydrogen-bond acceptors (Lipinski definition) is 5. The lowest BCUT2D eigenvalue weighted by Crippen LogP contribution is -2.14. The highest BCUT2D eigenvalue weighted by Gasteiger charge is 2.25. The number of hydrogen-bond donors (Lipinski definition) is 0. The smallest absolute Gasteiger partial charge is 0.198 e. The first-order valence-electron chi connectivity index (χ1n) is 6.11. The highest BCUT2D eigenvalue weighted by atomic mass is 32.2. The average molecular weight is 261 g/mol. The van der Waals surface area contributed by atoms with Crippen molar-refractivity contribution in [1.82, 2.24) is 24.7 Å². The summed E-state index contributed by atoms with van der Waals surface area (Å²) in [6.07, 6.45) is 5.55. The van der Waals surface area contributed by atoms with Gasteiger partial charge in [0, 0.05) is 24.9 Å². The molecule has 2 heterocycles. The third-order valence-corrected chi connectivity index (χ3v) is 4.21. The van der Waals surface area contributed by atoms with Crippen molar-refractivity contribution in [2.75, 3.05) is 0 Å². The molecule has 0 N–H and O–H groups in total. The predicted molar refractivity (Wildman–Crippen MR) is 68.5 cm³/mol. The zero-order valence-corrected chi connectivity index (χ0v) is 11.3. The van der Waals surface area contributed by atoms with E-state index in [2.05, 4.69) is 24.7 Å². The van der Waals surface area contributed by atoms with Gasteiger partial charge in [0.15, 0.2) is 10.3 Å². The van der Waals surface area contributed by atoms with Crippen molar-refractivity contribution >= 4 is 11.8 Å². The average Bonchev–Trinajstić information content (AvgIpc) is 2.60. The van der Waals surface area contributed by atoms with Gasteiger partial charge in [-0.25, -0.2) is 9.97 Å². The van der Waals surface area contributed by atoms with Gasteiger partial charge in [-0.1, -0.05) is 6.42 Å². The zero-order chi connectivity index (χ0) is 12.5. The molecule has 3 rings (SSSR count). The van der Waals surface area contributed by atoms with E-state index in [1.807, 2.05) is 20.0 Å². The maximum absolute atomic E-state index is 4.37. The standard InChI is InChI=1S/C12H15N5S/c1-8-6-7-13-11(14-8)18-12-16-15-10(17(12)2)9-4-3-5-9/h6-7,9H,3-5H2,1-2H3. The molecule has 0 amide bonds. The number of aryl methyl sites for hydroxylation is 1. The van der Waals surface area contributed by atoms with Crippen LogP contribution >= 0.6 is 11.8 Å². The molecule has 1 aliphatic carbocycles. The van der Waals surface area contributed by atoms with E-state index >= 15 is 0 Å². The van der Waals surface area contributed by atoms with Crippen LogP contribution in [0.5, 0.6) is 0 Å². The Balaban J connectivity index is 1.82. The molecular weight excluding hydrogens is 246 g/mol. The predicted octanol–water partition coefficient (Wildman–Crippen LogP) is 2.33. The van der Waals surface area contributed by atoms with Crippen LogP contribution in [0.25, 0.3) is 0 Å². The fourth-order valence-corrected chi connectivity index (χ4v) is 2.77. The maximum atomic E-state index is 4.37. The van der Waals surface area contributed by atoms with Gasteiger partial charge in [-0.15, -0.1) is 10.2 Å². The molecule has 1 fully saturated rings. The van der Waals surface area contributed by atoms with Crippen LogP contribution in [0.15, 0.2) is 22.6 Å². The van der Waals surface area contributed by atoms with E-state index in [4.69, 9.17) is 0 Å². The molecule has 1 saturated carbocycles. The molecule has 0 aliphatic heterocycles. The Hall–Kier alpha value is -1.43. The van der Waals surface area contributed by atoms with Crippen molar-refractivity contribution in [3.05, 3.63) is 23.8 Å². The third kappa shape index (κ3) is 2.12. The van der Waals surface area contributed by atoms with Crippen LogP contribution in [0.4, 0.5) is 0 Å². The van der Waals surface area contributed by atoms with Crippen molar-refractivity contribution in [2.24, 2.45) is 7.05 Å². The van der Waals surface area contributed by atoms with Crippen molar-refractivity contribution in [1.29, 1.82) is 0 Å². The summed E-state index contributed by atoms with van der Waals surface area (Å²) in [6.45, 7) is 1.96. The Morgan fingerprint density at radius 1 is 1.33 bits per heavy atom. The van der Waals surface area contributed by atoms with E-state index < -0.39 is 0 Å². The number of nitrogens with zero attached hydrogens (tertiary/aromatic N) is 5. The minimum atomic E-state index is 0.593. The third-order valence-electron chi connectivity index (χ3n) is 3.29. The van der Waals surface area contributed by atoms with Gasteiger partial charge in [0.2, 0.25) is 0 Å². The first kappa shape index (κ1) is 11.6. The number of rotatable bonds is 3. The van der Waals surface area contributed by atoms with E-state index in [0.29, 0.717) is 5.92 Å². The second kappa shape index (κ2) is 4.68. The molecule has 0 radical (unpaired) electrons. The lowest BCUT2D eigenvalue weighted by Gasteiger charge is -2.23. The quantitative estimate of drug-likeness (QED) is 0.794. The largest absolute Gasteiger partial charge is 0.309 e. The van der Waals surface area contributed by atoms with Crippen LogP contribution in [-0.4, -0.2) is 24.7 Å². The fraction of sp³-hybridized carbons (Fsp3) is 0.500. The summed E-state index contributed by atoms with van der Waals surface area (Å²) >= 11 is 1.47. The summed E-state index contributed by atoms with van der Waals surface area (Å²) in [5, 5.41) is 10.1. The Morgan fingerprint density at radius 2 is 2.17 bits per heavy atom. The molecule has 0 bridgehead atoms. The molecule has 1 aliphatic rings. The minimum Gasteiger partial charge on any atom is -0.309 e. The van der Waals surface area contributed by atoms with Crippen LogP contribution in [0.3, 0.4) is 0 Å². The first-order chi connectivity index (χ1) is 8.74. The van der Waals surface area contributed by atoms with Crippen LogP contribution in [0.2, 0.25) is 0 Å².